The third-order valence-electron chi connectivity index (χ3n) is 3.28. The van der Waals surface area contributed by atoms with Gasteiger partial charge in [0.1, 0.15) is 11.9 Å². The molecule has 1 atom stereocenters. The summed E-state index contributed by atoms with van der Waals surface area (Å²) in [5, 5.41) is 10.2. The van der Waals surface area contributed by atoms with Crippen LogP contribution in [0.2, 0.25) is 0 Å². The van der Waals surface area contributed by atoms with Gasteiger partial charge in [0.2, 0.25) is 0 Å². The van der Waals surface area contributed by atoms with Gasteiger partial charge in [0.15, 0.2) is 11.6 Å². The lowest BCUT2D eigenvalue weighted by atomic mass is 9.94. The molecule has 100 valence electrons. The molecule has 1 nitrogen and oxygen atoms in total. The Balaban J connectivity index is 2.53. The molecule has 1 N–H and O–H groups in total. The van der Waals surface area contributed by atoms with Crippen molar-refractivity contribution in [1.29, 1.82) is 0 Å². The average Bonchev–Trinajstić information content (AvgIpc) is 2.36. The minimum absolute atomic E-state index is 0.271. The van der Waals surface area contributed by atoms with Crippen molar-refractivity contribution in [3.63, 3.8) is 0 Å². The number of aliphatic hydroxyl groups is 1. The van der Waals surface area contributed by atoms with Crippen LogP contribution in [0.4, 0.5) is 13.2 Å². The summed E-state index contributed by atoms with van der Waals surface area (Å²) in [5.41, 5.74) is 1.93. The summed E-state index contributed by atoms with van der Waals surface area (Å²) >= 11 is 0. The fourth-order valence-electron chi connectivity index (χ4n) is 1.99. The Hall–Kier alpha value is -1.81. The molecule has 2 rings (SSSR count). The number of hydrogen-bond acceptors (Lipinski definition) is 1. The second kappa shape index (κ2) is 5.05. The Kier molecular flexibility index (Phi) is 3.62. The van der Waals surface area contributed by atoms with Gasteiger partial charge in [-0.15, -0.1) is 0 Å². The van der Waals surface area contributed by atoms with E-state index in [1.807, 2.05) is 13.0 Å². The zero-order chi connectivity index (χ0) is 14.2. The Bertz CT molecular complexity index is 623. The Morgan fingerprint density at radius 1 is 0.895 bits per heavy atom. The van der Waals surface area contributed by atoms with Crippen LogP contribution < -0.4 is 0 Å². The maximum Gasteiger partial charge on any atom is 0.161 e. The number of hydrogen-bond donors (Lipinski definition) is 1. The molecular formula is C15H13F3O. The molecule has 0 saturated heterocycles. The van der Waals surface area contributed by atoms with Crippen molar-refractivity contribution in [2.75, 3.05) is 0 Å². The third-order valence-corrected chi connectivity index (χ3v) is 3.28. The molecule has 0 aliphatic rings. The highest BCUT2D eigenvalue weighted by atomic mass is 19.2. The molecule has 0 fully saturated rings. The molecule has 0 saturated carbocycles. The third kappa shape index (κ3) is 2.49. The largest absolute Gasteiger partial charge is 0.384 e. The monoisotopic (exact) mass is 266 g/mol. The average molecular weight is 266 g/mol. The second-order valence-electron chi connectivity index (χ2n) is 4.48. The van der Waals surface area contributed by atoms with Crippen LogP contribution in [0, 0.1) is 31.3 Å². The summed E-state index contributed by atoms with van der Waals surface area (Å²) < 4.78 is 39.7. The predicted molar refractivity (Wildman–Crippen MR) is 66.3 cm³/mol. The van der Waals surface area contributed by atoms with E-state index in [4.69, 9.17) is 0 Å². The molecular weight excluding hydrogens is 253 g/mol. The van der Waals surface area contributed by atoms with Gasteiger partial charge in [0.25, 0.3) is 0 Å². The standard InChI is InChI=1S/C15H13F3O/c1-8-4-3-5-10(9(8)2)15(19)11-6-13(17)14(18)7-12(11)16/h3-7,15,19H,1-2H3. The van der Waals surface area contributed by atoms with Gasteiger partial charge in [0, 0.05) is 11.6 Å². The van der Waals surface area contributed by atoms with E-state index in [1.165, 1.54) is 0 Å². The molecule has 0 aliphatic carbocycles. The van der Waals surface area contributed by atoms with E-state index in [9.17, 15) is 18.3 Å². The number of rotatable bonds is 2. The fraction of sp³-hybridized carbons (Fsp3) is 0.200. The highest BCUT2D eigenvalue weighted by molar-refractivity contribution is 5.39. The van der Waals surface area contributed by atoms with E-state index >= 15 is 0 Å². The summed E-state index contributed by atoms with van der Waals surface area (Å²) in [5.74, 6) is -3.41. The van der Waals surface area contributed by atoms with Crippen molar-refractivity contribution in [1.82, 2.24) is 0 Å². The van der Waals surface area contributed by atoms with Gasteiger partial charge in [-0.1, -0.05) is 18.2 Å². The number of halogens is 3. The van der Waals surface area contributed by atoms with E-state index < -0.39 is 23.6 Å². The van der Waals surface area contributed by atoms with Gasteiger partial charge < -0.3 is 5.11 Å². The first-order valence-corrected chi connectivity index (χ1v) is 5.80. The van der Waals surface area contributed by atoms with Gasteiger partial charge in [-0.3, -0.25) is 0 Å². The van der Waals surface area contributed by atoms with Gasteiger partial charge in [-0.05, 0) is 36.6 Å². The number of aryl methyl sites for hydroxylation is 1. The molecule has 0 bridgehead atoms. The molecule has 0 aromatic heterocycles. The van der Waals surface area contributed by atoms with Crippen molar-refractivity contribution in [2.24, 2.45) is 0 Å². The Labute approximate surface area is 109 Å². The maximum atomic E-state index is 13.6. The molecule has 0 spiro atoms. The zero-order valence-corrected chi connectivity index (χ0v) is 10.5. The van der Waals surface area contributed by atoms with Gasteiger partial charge >= 0.3 is 0 Å². The first kappa shape index (κ1) is 13.6. The molecule has 0 heterocycles. The van der Waals surface area contributed by atoms with Crippen molar-refractivity contribution in [2.45, 2.75) is 20.0 Å². The van der Waals surface area contributed by atoms with Crippen molar-refractivity contribution in [3.8, 4) is 0 Å². The molecule has 0 amide bonds. The minimum Gasteiger partial charge on any atom is -0.384 e. The summed E-state index contributed by atoms with van der Waals surface area (Å²) in [6.07, 6.45) is -1.32. The van der Waals surface area contributed by atoms with Crippen LogP contribution in [-0.4, -0.2) is 5.11 Å². The van der Waals surface area contributed by atoms with E-state index in [2.05, 4.69) is 0 Å². The molecule has 0 radical (unpaired) electrons. The van der Waals surface area contributed by atoms with E-state index in [1.54, 1.807) is 19.1 Å². The van der Waals surface area contributed by atoms with Crippen LogP contribution in [-0.2, 0) is 0 Å². The van der Waals surface area contributed by atoms with Crippen LogP contribution >= 0.6 is 0 Å². The van der Waals surface area contributed by atoms with Crippen LogP contribution in [0.3, 0.4) is 0 Å². The number of benzene rings is 2. The van der Waals surface area contributed by atoms with E-state index in [0.717, 1.165) is 11.1 Å². The van der Waals surface area contributed by atoms with Crippen LogP contribution in [0.5, 0.6) is 0 Å². The second-order valence-corrected chi connectivity index (χ2v) is 4.48. The molecule has 0 aliphatic heterocycles. The van der Waals surface area contributed by atoms with Crippen molar-refractivity contribution in [3.05, 3.63) is 70.0 Å². The quantitative estimate of drug-likeness (QED) is 0.820. The highest BCUT2D eigenvalue weighted by Crippen LogP contribution is 2.29. The Morgan fingerprint density at radius 3 is 2.21 bits per heavy atom. The summed E-state index contributed by atoms with van der Waals surface area (Å²) in [7, 11) is 0. The molecule has 1 unspecified atom stereocenters. The fourth-order valence-corrected chi connectivity index (χ4v) is 1.99. The molecule has 2 aromatic rings. The van der Waals surface area contributed by atoms with Gasteiger partial charge in [-0.25, -0.2) is 13.2 Å². The molecule has 19 heavy (non-hydrogen) atoms. The first-order chi connectivity index (χ1) is 8.91. The molecule has 4 heteroatoms. The van der Waals surface area contributed by atoms with E-state index in [0.29, 0.717) is 17.7 Å². The molecule has 2 aromatic carbocycles. The smallest absolute Gasteiger partial charge is 0.161 e. The van der Waals surface area contributed by atoms with Crippen molar-refractivity contribution < 1.29 is 18.3 Å². The highest BCUT2D eigenvalue weighted by Gasteiger charge is 2.20. The topological polar surface area (TPSA) is 20.2 Å². The van der Waals surface area contributed by atoms with Gasteiger partial charge in [0.05, 0.1) is 0 Å². The summed E-state index contributed by atoms with van der Waals surface area (Å²) in [6, 6.07) is 6.34. The van der Waals surface area contributed by atoms with Crippen LogP contribution in [0.25, 0.3) is 0 Å². The van der Waals surface area contributed by atoms with Crippen LogP contribution in [0.1, 0.15) is 28.4 Å². The zero-order valence-electron chi connectivity index (χ0n) is 10.5. The van der Waals surface area contributed by atoms with Crippen molar-refractivity contribution >= 4 is 0 Å². The lowest BCUT2D eigenvalue weighted by molar-refractivity contribution is 0.213. The lowest BCUT2D eigenvalue weighted by Gasteiger charge is -2.16. The maximum absolute atomic E-state index is 13.6. The Morgan fingerprint density at radius 2 is 1.53 bits per heavy atom. The predicted octanol–water partition coefficient (Wildman–Crippen LogP) is 3.80. The summed E-state index contributed by atoms with van der Waals surface area (Å²) in [4.78, 5) is 0. The minimum atomic E-state index is -1.32. The van der Waals surface area contributed by atoms with Gasteiger partial charge in [-0.2, -0.15) is 0 Å². The normalized spacial score (nSPS) is 12.5. The first-order valence-electron chi connectivity index (χ1n) is 5.80. The van der Waals surface area contributed by atoms with E-state index in [-0.39, 0.29) is 5.56 Å². The number of aliphatic hydroxyl groups excluding tert-OH is 1. The lowest BCUT2D eigenvalue weighted by Crippen LogP contribution is -2.07. The summed E-state index contributed by atoms with van der Waals surface area (Å²) in [6.45, 7) is 3.64. The SMILES string of the molecule is Cc1cccc(C(O)c2cc(F)c(F)cc2F)c1C. The van der Waals surface area contributed by atoms with Crippen LogP contribution in [0.15, 0.2) is 30.3 Å².